The van der Waals surface area contributed by atoms with Crippen LogP contribution in [0.3, 0.4) is 0 Å². The van der Waals surface area contributed by atoms with E-state index in [-0.39, 0.29) is 18.5 Å². The summed E-state index contributed by atoms with van der Waals surface area (Å²) in [5, 5.41) is 0. The lowest BCUT2D eigenvalue weighted by atomic mass is 10.00. The van der Waals surface area contributed by atoms with E-state index < -0.39 is 10.2 Å². The third-order valence-electron chi connectivity index (χ3n) is 5.64. The van der Waals surface area contributed by atoms with Crippen molar-refractivity contribution in [2.75, 3.05) is 26.2 Å². The van der Waals surface area contributed by atoms with Crippen LogP contribution in [0.4, 0.5) is 0 Å². The molecule has 2 saturated heterocycles. The molecule has 0 radical (unpaired) electrons. The highest BCUT2D eigenvalue weighted by Crippen LogP contribution is 2.23. The highest BCUT2D eigenvalue weighted by Gasteiger charge is 2.36. The van der Waals surface area contributed by atoms with Crippen molar-refractivity contribution in [2.45, 2.75) is 58.5 Å². The number of likely N-dealkylation sites (tertiary alicyclic amines) is 1. The summed E-state index contributed by atoms with van der Waals surface area (Å²) in [6.45, 7) is 6.09. The van der Waals surface area contributed by atoms with E-state index in [4.69, 9.17) is 0 Å². The van der Waals surface area contributed by atoms with Crippen LogP contribution in [0.25, 0.3) is 0 Å². The second-order valence-electron chi connectivity index (χ2n) is 7.66. The zero-order chi connectivity index (χ0) is 19.4. The van der Waals surface area contributed by atoms with Gasteiger partial charge in [0.15, 0.2) is 0 Å². The van der Waals surface area contributed by atoms with Gasteiger partial charge in [0, 0.05) is 32.2 Å². The van der Waals surface area contributed by atoms with Crippen molar-refractivity contribution in [3.05, 3.63) is 35.4 Å². The van der Waals surface area contributed by atoms with Crippen molar-refractivity contribution >= 4 is 16.1 Å². The lowest BCUT2D eigenvalue weighted by Crippen LogP contribution is -2.54. The molecule has 2 heterocycles. The summed E-state index contributed by atoms with van der Waals surface area (Å²) in [4.78, 5) is 14.7. The number of carbonyl (C=O) groups is 1. The number of benzene rings is 1. The zero-order valence-corrected chi connectivity index (χ0v) is 17.2. The zero-order valence-electron chi connectivity index (χ0n) is 16.4. The molecule has 1 atom stereocenters. The standard InChI is InChI=1S/C20H31N3O3S/c1-3-19-10-4-5-13-23(19)20(24)16-22-12-7-11-21(27(22,25)26)15-18-9-6-8-17(2)14-18/h6,8-9,14,19H,3-5,7,10-13,15-16H2,1-2H3/t19-/m0/s1. The third kappa shape index (κ3) is 4.70. The molecule has 3 rings (SSSR count). The normalized spacial score (nSPS) is 24.1. The molecule has 0 aromatic heterocycles. The van der Waals surface area contributed by atoms with Crippen molar-refractivity contribution in [3.63, 3.8) is 0 Å². The molecular formula is C20H31N3O3S. The van der Waals surface area contributed by atoms with Crippen LogP contribution < -0.4 is 0 Å². The number of carbonyl (C=O) groups excluding carboxylic acids is 1. The predicted octanol–water partition coefficient (Wildman–Crippen LogP) is 2.54. The molecule has 150 valence electrons. The summed E-state index contributed by atoms with van der Waals surface area (Å²) in [5.74, 6) is -0.0532. The Bertz CT molecular complexity index is 765. The van der Waals surface area contributed by atoms with Crippen LogP contribution in [0.1, 0.15) is 50.2 Å². The number of nitrogens with zero attached hydrogens (tertiary/aromatic N) is 3. The lowest BCUT2D eigenvalue weighted by Gasteiger charge is -2.38. The van der Waals surface area contributed by atoms with Gasteiger partial charge in [0.1, 0.15) is 0 Å². The highest BCUT2D eigenvalue weighted by atomic mass is 32.2. The monoisotopic (exact) mass is 393 g/mol. The molecule has 0 spiro atoms. The van der Waals surface area contributed by atoms with Crippen LogP contribution in [0.2, 0.25) is 0 Å². The van der Waals surface area contributed by atoms with Gasteiger partial charge in [-0.2, -0.15) is 17.0 Å². The van der Waals surface area contributed by atoms with Crippen LogP contribution >= 0.6 is 0 Å². The molecule has 0 bridgehead atoms. The Labute approximate surface area is 163 Å². The second-order valence-corrected chi connectivity index (χ2v) is 9.59. The second kappa shape index (κ2) is 8.71. The van der Waals surface area contributed by atoms with Gasteiger partial charge < -0.3 is 4.90 Å². The largest absolute Gasteiger partial charge is 0.339 e. The molecule has 27 heavy (non-hydrogen) atoms. The molecule has 2 aliphatic rings. The summed E-state index contributed by atoms with van der Waals surface area (Å²) < 4.78 is 29.0. The maximum absolute atomic E-state index is 13.1. The highest BCUT2D eigenvalue weighted by molar-refractivity contribution is 7.86. The molecule has 6 nitrogen and oxygen atoms in total. The van der Waals surface area contributed by atoms with Gasteiger partial charge in [-0.15, -0.1) is 0 Å². The summed E-state index contributed by atoms with van der Waals surface area (Å²) in [6.07, 6.45) is 4.85. The summed E-state index contributed by atoms with van der Waals surface area (Å²) >= 11 is 0. The molecule has 2 fully saturated rings. The fourth-order valence-corrected chi connectivity index (χ4v) is 5.78. The molecule has 1 amide bonds. The minimum atomic E-state index is -3.61. The van der Waals surface area contributed by atoms with Crippen molar-refractivity contribution in [3.8, 4) is 0 Å². The molecule has 0 aliphatic carbocycles. The third-order valence-corrected chi connectivity index (χ3v) is 7.57. The molecular weight excluding hydrogens is 362 g/mol. The van der Waals surface area contributed by atoms with Crippen LogP contribution in [0.5, 0.6) is 0 Å². The fourth-order valence-electron chi connectivity index (χ4n) is 4.15. The van der Waals surface area contributed by atoms with Gasteiger partial charge in [0.2, 0.25) is 5.91 Å². The minimum absolute atomic E-state index is 0.0385. The summed E-state index contributed by atoms with van der Waals surface area (Å²) in [7, 11) is -3.61. The van der Waals surface area contributed by atoms with E-state index >= 15 is 0 Å². The van der Waals surface area contributed by atoms with Crippen LogP contribution in [0.15, 0.2) is 24.3 Å². The van der Waals surface area contributed by atoms with Gasteiger partial charge in [-0.05, 0) is 44.6 Å². The van der Waals surface area contributed by atoms with Crippen LogP contribution in [-0.2, 0) is 21.5 Å². The van der Waals surface area contributed by atoms with Gasteiger partial charge in [-0.1, -0.05) is 36.8 Å². The quantitative estimate of drug-likeness (QED) is 0.772. The van der Waals surface area contributed by atoms with E-state index in [9.17, 15) is 13.2 Å². The van der Waals surface area contributed by atoms with Gasteiger partial charge in [0.05, 0.1) is 6.54 Å². The molecule has 0 N–H and O–H groups in total. The van der Waals surface area contributed by atoms with Crippen LogP contribution in [0, 0.1) is 6.92 Å². The first-order chi connectivity index (χ1) is 12.9. The molecule has 1 aromatic carbocycles. The van der Waals surface area contributed by atoms with Gasteiger partial charge in [-0.3, -0.25) is 4.79 Å². The van der Waals surface area contributed by atoms with E-state index in [1.54, 1.807) is 0 Å². The van der Waals surface area contributed by atoms with Crippen LogP contribution in [-0.4, -0.2) is 60.1 Å². The molecule has 1 aromatic rings. The fraction of sp³-hybridized carbons (Fsp3) is 0.650. The average molecular weight is 394 g/mol. The van der Waals surface area contributed by atoms with E-state index in [0.717, 1.165) is 49.8 Å². The maximum atomic E-state index is 13.1. The first kappa shape index (κ1) is 20.3. The Hall–Kier alpha value is -1.44. The van der Waals surface area contributed by atoms with Crippen molar-refractivity contribution < 1.29 is 13.2 Å². The topological polar surface area (TPSA) is 60.9 Å². The maximum Gasteiger partial charge on any atom is 0.282 e. The summed E-state index contributed by atoms with van der Waals surface area (Å²) in [6, 6.07) is 8.17. The molecule has 7 heteroatoms. The Morgan fingerprint density at radius 3 is 2.63 bits per heavy atom. The SMILES string of the molecule is CC[C@H]1CCCCN1C(=O)CN1CCCN(Cc2cccc(C)c2)S1(=O)=O. The van der Waals surface area contributed by atoms with Crippen molar-refractivity contribution in [1.29, 1.82) is 0 Å². The van der Waals surface area contributed by atoms with Gasteiger partial charge >= 0.3 is 0 Å². The first-order valence-electron chi connectivity index (χ1n) is 10.0. The number of aryl methyl sites for hydroxylation is 1. The predicted molar refractivity (Wildman–Crippen MR) is 106 cm³/mol. The molecule has 2 aliphatic heterocycles. The van der Waals surface area contributed by atoms with Crippen molar-refractivity contribution in [2.24, 2.45) is 0 Å². The number of rotatable bonds is 5. The first-order valence-corrected chi connectivity index (χ1v) is 11.4. The van der Waals surface area contributed by atoms with E-state index in [1.807, 2.05) is 36.1 Å². The Morgan fingerprint density at radius 1 is 1.11 bits per heavy atom. The minimum Gasteiger partial charge on any atom is -0.339 e. The molecule has 0 saturated carbocycles. The van der Waals surface area contributed by atoms with Gasteiger partial charge in [0.25, 0.3) is 10.2 Å². The van der Waals surface area contributed by atoms with E-state index in [2.05, 4.69) is 6.92 Å². The Balaban J connectivity index is 1.69. The van der Waals surface area contributed by atoms with Gasteiger partial charge in [-0.25, -0.2) is 0 Å². The number of amides is 1. The molecule has 0 unspecified atom stereocenters. The average Bonchev–Trinajstić information content (AvgIpc) is 2.65. The number of hydrogen-bond donors (Lipinski definition) is 0. The van der Waals surface area contributed by atoms with E-state index in [1.165, 1.54) is 8.61 Å². The smallest absolute Gasteiger partial charge is 0.282 e. The summed E-state index contributed by atoms with van der Waals surface area (Å²) in [5.41, 5.74) is 2.10. The number of piperidine rings is 1. The lowest BCUT2D eigenvalue weighted by molar-refractivity contribution is -0.135. The van der Waals surface area contributed by atoms with E-state index in [0.29, 0.717) is 19.6 Å². The van der Waals surface area contributed by atoms with Crippen molar-refractivity contribution in [1.82, 2.24) is 13.5 Å². The Kier molecular flexibility index (Phi) is 6.55. The number of hydrogen-bond acceptors (Lipinski definition) is 3. The Morgan fingerprint density at radius 2 is 1.89 bits per heavy atom.